The SMILES string of the molecule is C1CCCCC1.CN.Cl. The smallest absolute Gasteiger partial charge is 0.0195 e. The third-order valence-electron chi connectivity index (χ3n) is 1.50. The van der Waals surface area contributed by atoms with E-state index in [-0.39, 0.29) is 12.4 Å². The monoisotopic (exact) mass is 151 g/mol. The molecule has 0 radical (unpaired) electrons. The Bertz CT molecular complexity index is 24.4. The normalized spacial score (nSPS) is 16.7. The van der Waals surface area contributed by atoms with Gasteiger partial charge in [-0.1, -0.05) is 38.5 Å². The lowest BCUT2D eigenvalue weighted by atomic mass is 10.0. The van der Waals surface area contributed by atoms with Crippen molar-refractivity contribution in [2.75, 3.05) is 7.05 Å². The molecule has 58 valence electrons. The van der Waals surface area contributed by atoms with Crippen LogP contribution in [0.5, 0.6) is 0 Å². The van der Waals surface area contributed by atoms with Crippen molar-refractivity contribution in [3.05, 3.63) is 0 Å². The van der Waals surface area contributed by atoms with Gasteiger partial charge in [0.05, 0.1) is 0 Å². The fraction of sp³-hybridized carbons (Fsp3) is 1.00. The van der Waals surface area contributed by atoms with Crippen LogP contribution >= 0.6 is 12.4 Å². The maximum absolute atomic E-state index is 4.50. The van der Waals surface area contributed by atoms with E-state index in [1.165, 1.54) is 45.6 Å². The Morgan fingerprint density at radius 3 is 0.889 bits per heavy atom. The van der Waals surface area contributed by atoms with E-state index in [2.05, 4.69) is 5.73 Å². The fourth-order valence-corrected chi connectivity index (χ4v) is 1.06. The molecule has 1 aliphatic rings. The van der Waals surface area contributed by atoms with E-state index < -0.39 is 0 Å². The second-order valence-electron chi connectivity index (χ2n) is 2.12. The minimum atomic E-state index is 0. The molecule has 2 heteroatoms. The number of halogens is 1. The molecule has 0 aromatic carbocycles. The molecule has 1 fully saturated rings. The van der Waals surface area contributed by atoms with Crippen LogP contribution in [0.1, 0.15) is 38.5 Å². The minimum Gasteiger partial charge on any atom is -0.333 e. The summed E-state index contributed by atoms with van der Waals surface area (Å²) in [5.41, 5.74) is 4.50. The van der Waals surface area contributed by atoms with Crippen molar-refractivity contribution in [3.63, 3.8) is 0 Å². The van der Waals surface area contributed by atoms with Crippen molar-refractivity contribution in [2.45, 2.75) is 38.5 Å². The summed E-state index contributed by atoms with van der Waals surface area (Å²) in [4.78, 5) is 0. The summed E-state index contributed by atoms with van der Waals surface area (Å²) in [5, 5.41) is 0. The Morgan fingerprint density at radius 2 is 0.778 bits per heavy atom. The average Bonchev–Trinajstić information content (AvgIpc) is 1.96. The molecule has 2 N–H and O–H groups in total. The van der Waals surface area contributed by atoms with Crippen LogP contribution in [0.3, 0.4) is 0 Å². The number of hydrogen-bond acceptors (Lipinski definition) is 1. The highest BCUT2D eigenvalue weighted by Crippen LogP contribution is 2.15. The molecular weight excluding hydrogens is 134 g/mol. The molecule has 0 bridgehead atoms. The van der Waals surface area contributed by atoms with Crippen molar-refractivity contribution in [1.29, 1.82) is 0 Å². The summed E-state index contributed by atoms with van der Waals surface area (Å²) in [6.07, 6.45) is 9.00. The van der Waals surface area contributed by atoms with E-state index in [0.29, 0.717) is 0 Å². The van der Waals surface area contributed by atoms with Crippen molar-refractivity contribution >= 4 is 12.4 Å². The van der Waals surface area contributed by atoms with Gasteiger partial charge in [-0.25, -0.2) is 0 Å². The van der Waals surface area contributed by atoms with Gasteiger partial charge < -0.3 is 5.73 Å². The Balaban J connectivity index is 0. The van der Waals surface area contributed by atoms with Crippen molar-refractivity contribution < 1.29 is 0 Å². The Labute approximate surface area is 64.4 Å². The highest BCUT2D eigenvalue weighted by Gasteiger charge is 1.95. The molecule has 0 saturated heterocycles. The molecule has 0 spiro atoms. The van der Waals surface area contributed by atoms with Gasteiger partial charge in [-0.3, -0.25) is 0 Å². The summed E-state index contributed by atoms with van der Waals surface area (Å²) < 4.78 is 0. The molecule has 1 saturated carbocycles. The van der Waals surface area contributed by atoms with E-state index >= 15 is 0 Å². The van der Waals surface area contributed by atoms with E-state index in [0.717, 1.165) is 0 Å². The van der Waals surface area contributed by atoms with Gasteiger partial charge in [-0.15, -0.1) is 12.4 Å². The maximum atomic E-state index is 4.50. The van der Waals surface area contributed by atoms with E-state index in [1.807, 2.05) is 0 Å². The summed E-state index contributed by atoms with van der Waals surface area (Å²) in [5.74, 6) is 0. The zero-order chi connectivity index (χ0) is 6.24. The maximum Gasteiger partial charge on any atom is -0.0195 e. The molecule has 9 heavy (non-hydrogen) atoms. The molecule has 0 aliphatic heterocycles. The standard InChI is InChI=1S/C6H12.CH5N.ClH/c1-2-4-6-5-3-1;1-2;/h1-6H2;2H2,1H3;1H. The molecule has 1 rings (SSSR count). The molecule has 0 atom stereocenters. The average molecular weight is 152 g/mol. The van der Waals surface area contributed by atoms with Crippen LogP contribution in [-0.4, -0.2) is 7.05 Å². The van der Waals surface area contributed by atoms with Gasteiger partial charge in [-0.2, -0.15) is 0 Å². The molecule has 0 amide bonds. The number of hydrogen-bond donors (Lipinski definition) is 1. The van der Waals surface area contributed by atoms with Gasteiger partial charge >= 0.3 is 0 Å². The van der Waals surface area contributed by atoms with Gasteiger partial charge in [0.2, 0.25) is 0 Å². The third-order valence-corrected chi connectivity index (χ3v) is 1.50. The predicted molar refractivity (Wildman–Crippen MR) is 45.1 cm³/mol. The molecule has 0 heterocycles. The van der Waals surface area contributed by atoms with Gasteiger partial charge in [0.1, 0.15) is 0 Å². The van der Waals surface area contributed by atoms with Crippen LogP contribution in [0.4, 0.5) is 0 Å². The first kappa shape index (κ1) is 12.0. The van der Waals surface area contributed by atoms with Crippen LogP contribution < -0.4 is 5.73 Å². The quantitative estimate of drug-likeness (QED) is 0.565. The lowest BCUT2D eigenvalue weighted by Crippen LogP contribution is -1.85. The lowest BCUT2D eigenvalue weighted by molar-refractivity contribution is 0.504. The molecular formula is C7H18ClN. The second-order valence-corrected chi connectivity index (χ2v) is 2.12. The first-order chi connectivity index (χ1) is 4.00. The highest BCUT2D eigenvalue weighted by molar-refractivity contribution is 5.85. The third kappa shape index (κ3) is 8.25. The first-order valence-corrected chi connectivity index (χ1v) is 3.58. The van der Waals surface area contributed by atoms with Crippen LogP contribution in [0.25, 0.3) is 0 Å². The largest absolute Gasteiger partial charge is 0.333 e. The van der Waals surface area contributed by atoms with Crippen molar-refractivity contribution in [1.82, 2.24) is 0 Å². The van der Waals surface area contributed by atoms with Crippen molar-refractivity contribution in [2.24, 2.45) is 5.73 Å². The van der Waals surface area contributed by atoms with Gasteiger partial charge in [0.15, 0.2) is 0 Å². The summed E-state index contributed by atoms with van der Waals surface area (Å²) >= 11 is 0. The topological polar surface area (TPSA) is 26.0 Å². The van der Waals surface area contributed by atoms with Crippen LogP contribution in [-0.2, 0) is 0 Å². The fourth-order valence-electron chi connectivity index (χ4n) is 1.06. The molecule has 1 nitrogen and oxygen atoms in total. The van der Waals surface area contributed by atoms with Crippen molar-refractivity contribution in [3.8, 4) is 0 Å². The molecule has 1 aliphatic carbocycles. The summed E-state index contributed by atoms with van der Waals surface area (Å²) in [7, 11) is 1.50. The Morgan fingerprint density at radius 1 is 0.667 bits per heavy atom. The molecule has 0 aromatic rings. The van der Waals surface area contributed by atoms with E-state index in [9.17, 15) is 0 Å². The van der Waals surface area contributed by atoms with Gasteiger partial charge in [0.25, 0.3) is 0 Å². The number of rotatable bonds is 0. The zero-order valence-corrected chi connectivity index (χ0v) is 7.04. The molecule has 0 aromatic heterocycles. The summed E-state index contributed by atoms with van der Waals surface area (Å²) in [6.45, 7) is 0. The first-order valence-electron chi connectivity index (χ1n) is 3.58. The lowest BCUT2D eigenvalue weighted by Gasteiger charge is -2.05. The zero-order valence-electron chi connectivity index (χ0n) is 6.23. The van der Waals surface area contributed by atoms with Crippen LogP contribution in [0.15, 0.2) is 0 Å². The summed E-state index contributed by atoms with van der Waals surface area (Å²) in [6, 6.07) is 0. The highest BCUT2D eigenvalue weighted by atomic mass is 35.5. The minimum absolute atomic E-state index is 0. The van der Waals surface area contributed by atoms with E-state index in [1.54, 1.807) is 0 Å². The van der Waals surface area contributed by atoms with Gasteiger partial charge in [0, 0.05) is 0 Å². The number of nitrogens with two attached hydrogens (primary N) is 1. The van der Waals surface area contributed by atoms with Crippen LogP contribution in [0, 0.1) is 0 Å². The predicted octanol–water partition coefficient (Wildman–Crippen LogP) is 2.34. The second kappa shape index (κ2) is 11.1. The Kier molecular flexibility index (Phi) is 14.8. The molecule has 0 unspecified atom stereocenters. The Hall–Kier alpha value is 0.250. The van der Waals surface area contributed by atoms with Crippen LogP contribution in [0.2, 0.25) is 0 Å². The van der Waals surface area contributed by atoms with Gasteiger partial charge in [-0.05, 0) is 7.05 Å². The van der Waals surface area contributed by atoms with E-state index in [4.69, 9.17) is 0 Å².